The molecule has 2 atom stereocenters. The SMILES string of the molecule is COC(=O)C(NC(=O)OC(C)(C)C)C(OC(=O)OC(C)(C)C)c1ccccc1. The maximum Gasteiger partial charge on any atom is 0.509 e. The van der Waals surface area contributed by atoms with Gasteiger partial charge in [0.15, 0.2) is 12.1 Å². The Labute approximate surface area is 165 Å². The lowest BCUT2D eigenvalue weighted by Gasteiger charge is -2.28. The van der Waals surface area contributed by atoms with Crippen molar-refractivity contribution in [3.8, 4) is 0 Å². The minimum absolute atomic E-state index is 0.472. The van der Waals surface area contributed by atoms with Gasteiger partial charge in [-0.05, 0) is 47.1 Å². The Morgan fingerprint density at radius 3 is 1.89 bits per heavy atom. The Hall–Kier alpha value is -2.77. The van der Waals surface area contributed by atoms with Crippen LogP contribution in [0, 0.1) is 0 Å². The zero-order valence-corrected chi connectivity index (χ0v) is 17.4. The molecule has 8 heteroatoms. The largest absolute Gasteiger partial charge is 0.509 e. The molecule has 0 fully saturated rings. The van der Waals surface area contributed by atoms with Crippen molar-refractivity contribution in [3.05, 3.63) is 35.9 Å². The molecule has 0 heterocycles. The number of esters is 1. The third-order valence-electron chi connectivity index (χ3n) is 3.17. The second-order valence-corrected chi connectivity index (χ2v) is 8.06. The van der Waals surface area contributed by atoms with Gasteiger partial charge in [-0.1, -0.05) is 30.3 Å². The number of benzene rings is 1. The van der Waals surface area contributed by atoms with Gasteiger partial charge in [0.05, 0.1) is 7.11 Å². The average molecular weight is 395 g/mol. The first-order valence-electron chi connectivity index (χ1n) is 8.84. The molecule has 0 aliphatic carbocycles. The molecule has 1 aromatic carbocycles. The van der Waals surface area contributed by atoms with Crippen LogP contribution < -0.4 is 5.32 Å². The van der Waals surface area contributed by atoms with Crippen LogP contribution in [0.4, 0.5) is 9.59 Å². The van der Waals surface area contributed by atoms with Crippen molar-refractivity contribution in [3.63, 3.8) is 0 Å². The van der Waals surface area contributed by atoms with Gasteiger partial charge in [-0.2, -0.15) is 0 Å². The maximum atomic E-state index is 12.4. The van der Waals surface area contributed by atoms with Crippen LogP contribution >= 0.6 is 0 Å². The number of carbonyl (C=O) groups excluding carboxylic acids is 3. The number of ether oxygens (including phenoxy) is 4. The van der Waals surface area contributed by atoms with Gasteiger partial charge in [0.2, 0.25) is 0 Å². The summed E-state index contributed by atoms with van der Waals surface area (Å²) in [4.78, 5) is 36.8. The van der Waals surface area contributed by atoms with Crippen molar-refractivity contribution in [1.29, 1.82) is 0 Å². The van der Waals surface area contributed by atoms with E-state index in [1.807, 2.05) is 0 Å². The molecule has 2 unspecified atom stereocenters. The molecule has 8 nitrogen and oxygen atoms in total. The summed E-state index contributed by atoms with van der Waals surface area (Å²) in [6.45, 7) is 10.1. The molecular weight excluding hydrogens is 366 g/mol. The summed E-state index contributed by atoms with van der Waals surface area (Å²) >= 11 is 0. The van der Waals surface area contributed by atoms with E-state index in [2.05, 4.69) is 5.32 Å². The number of carbonyl (C=O) groups is 3. The summed E-state index contributed by atoms with van der Waals surface area (Å²) in [6, 6.07) is 7.16. The van der Waals surface area contributed by atoms with Crippen molar-refractivity contribution < 1.29 is 33.3 Å². The van der Waals surface area contributed by atoms with Crippen LogP contribution in [0.1, 0.15) is 53.2 Å². The molecule has 28 heavy (non-hydrogen) atoms. The van der Waals surface area contributed by atoms with E-state index in [4.69, 9.17) is 18.9 Å². The second kappa shape index (κ2) is 9.43. The van der Waals surface area contributed by atoms with Crippen molar-refractivity contribution >= 4 is 18.2 Å². The minimum Gasteiger partial charge on any atom is -0.467 e. The van der Waals surface area contributed by atoms with E-state index in [0.717, 1.165) is 0 Å². The molecule has 0 aliphatic rings. The number of methoxy groups -OCH3 is 1. The van der Waals surface area contributed by atoms with E-state index in [0.29, 0.717) is 5.56 Å². The maximum absolute atomic E-state index is 12.4. The van der Waals surface area contributed by atoms with E-state index in [-0.39, 0.29) is 0 Å². The summed E-state index contributed by atoms with van der Waals surface area (Å²) < 4.78 is 20.6. The highest BCUT2D eigenvalue weighted by atomic mass is 16.7. The van der Waals surface area contributed by atoms with E-state index in [1.54, 1.807) is 71.9 Å². The summed E-state index contributed by atoms with van der Waals surface area (Å²) in [6.07, 6.45) is -3.02. The molecule has 156 valence electrons. The van der Waals surface area contributed by atoms with E-state index < -0.39 is 41.6 Å². The standard InChI is InChI=1S/C20H29NO7/c1-19(2,3)27-17(23)21-14(16(22)25-7)15(13-11-9-8-10-12-13)26-18(24)28-20(4,5)6/h8-12,14-15H,1-7H3,(H,21,23). The molecule has 0 aromatic heterocycles. The van der Waals surface area contributed by atoms with Crippen LogP contribution in [0.3, 0.4) is 0 Å². The highest BCUT2D eigenvalue weighted by molar-refractivity contribution is 5.82. The van der Waals surface area contributed by atoms with Crippen LogP contribution in [0.5, 0.6) is 0 Å². The first kappa shape index (κ1) is 23.3. The topological polar surface area (TPSA) is 100 Å². The fourth-order valence-electron chi connectivity index (χ4n) is 2.17. The Kier molecular flexibility index (Phi) is 7.84. The highest BCUT2D eigenvalue weighted by Crippen LogP contribution is 2.25. The Bertz CT molecular complexity index is 674. The first-order chi connectivity index (χ1) is 12.8. The lowest BCUT2D eigenvalue weighted by molar-refractivity contribution is -0.147. The molecule has 1 amide bonds. The van der Waals surface area contributed by atoms with Crippen LogP contribution in [-0.4, -0.2) is 42.6 Å². The zero-order valence-electron chi connectivity index (χ0n) is 17.4. The fraction of sp³-hybridized carbons (Fsp3) is 0.550. The molecule has 0 aliphatic heterocycles. The first-order valence-corrected chi connectivity index (χ1v) is 8.84. The monoisotopic (exact) mass is 395 g/mol. The predicted octanol–water partition coefficient (Wildman–Crippen LogP) is 3.75. The zero-order chi connectivity index (χ0) is 21.5. The lowest BCUT2D eigenvalue weighted by Crippen LogP contribution is -2.48. The van der Waals surface area contributed by atoms with Gasteiger partial charge in [0, 0.05) is 0 Å². The van der Waals surface area contributed by atoms with Crippen LogP contribution in [0.25, 0.3) is 0 Å². The predicted molar refractivity (Wildman–Crippen MR) is 102 cm³/mol. The van der Waals surface area contributed by atoms with Gasteiger partial charge in [0.25, 0.3) is 0 Å². The summed E-state index contributed by atoms with van der Waals surface area (Å²) in [5, 5.41) is 2.42. The van der Waals surface area contributed by atoms with Crippen molar-refractivity contribution in [2.24, 2.45) is 0 Å². The van der Waals surface area contributed by atoms with Gasteiger partial charge in [-0.3, -0.25) is 0 Å². The number of rotatable bonds is 5. The van der Waals surface area contributed by atoms with E-state index in [1.165, 1.54) is 7.11 Å². The summed E-state index contributed by atoms with van der Waals surface area (Å²) in [7, 11) is 1.17. The molecule has 1 aromatic rings. The molecule has 0 saturated carbocycles. The molecule has 0 radical (unpaired) electrons. The number of amides is 1. The van der Waals surface area contributed by atoms with E-state index >= 15 is 0 Å². The Morgan fingerprint density at radius 2 is 1.43 bits per heavy atom. The van der Waals surface area contributed by atoms with Crippen LogP contribution in [0.15, 0.2) is 30.3 Å². The number of hydrogen-bond acceptors (Lipinski definition) is 7. The molecule has 0 saturated heterocycles. The van der Waals surface area contributed by atoms with Crippen molar-refractivity contribution in [1.82, 2.24) is 5.32 Å². The molecule has 1 N–H and O–H groups in total. The Balaban J connectivity index is 3.18. The van der Waals surface area contributed by atoms with Gasteiger partial charge < -0.3 is 24.3 Å². The number of hydrogen-bond donors (Lipinski definition) is 1. The third kappa shape index (κ3) is 8.28. The molecule has 0 spiro atoms. The quantitative estimate of drug-likeness (QED) is 0.599. The smallest absolute Gasteiger partial charge is 0.467 e. The minimum atomic E-state index is -1.34. The summed E-state index contributed by atoms with van der Waals surface area (Å²) in [5.74, 6) is -0.803. The fourth-order valence-corrected chi connectivity index (χ4v) is 2.17. The normalized spacial score (nSPS) is 13.7. The highest BCUT2D eigenvalue weighted by Gasteiger charge is 2.37. The molecule has 1 rings (SSSR count). The van der Waals surface area contributed by atoms with Crippen molar-refractivity contribution in [2.75, 3.05) is 7.11 Å². The molecular formula is C20H29NO7. The number of alkyl carbamates (subject to hydrolysis) is 1. The van der Waals surface area contributed by atoms with Crippen LogP contribution in [-0.2, 0) is 23.7 Å². The van der Waals surface area contributed by atoms with Crippen molar-refractivity contribution in [2.45, 2.75) is 64.9 Å². The summed E-state index contributed by atoms with van der Waals surface area (Å²) in [5.41, 5.74) is -1.10. The third-order valence-corrected chi connectivity index (χ3v) is 3.17. The van der Waals surface area contributed by atoms with Gasteiger partial charge in [0.1, 0.15) is 11.2 Å². The van der Waals surface area contributed by atoms with E-state index in [9.17, 15) is 14.4 Å². The van der Waals surface area contributed by atoms with Gasteiger partial charge >= 0.3 is 18.2 Å². The van der Waals surface area contributed by atoms with Gasteiger partial charge in [-0.15, -0.1) is 0 Å². The number of nitrogens with one attached hydrogen (secondary N) is 1. The second-order valence-electron chi connectivity index (χ2n) is 8.06. The average Bonchev–Trinajstić information content (AvgIpc) is 2.55. The van der Waals surface area contributed by atoms with Crippen LogP contribution in [0.2, 0.25) is 0 Å². The molecule has 0 bridgehead atoms. The lowest BCUT2D eigenvalue weighted by atomic mass is 10.0. The van der Waals surface area contributed by atoms with Gasteiger partial charge in [-0.25, -0.2) is 14.4 Å². The Morgan fingerprint density at radius 1 is 0.893 bits per heavy atom.